The van der Waals surface area contributed by atoms with Crippen molar-refractivity contribution < 1.29 is 4.79 Å². The number of piperidine rings is 1. The Bertz CT molecular complexity index is 232. The van der Waals surface area contributed by atoms with Gasteiger partial charge in [-0.2, -0.15) is 0 Å². The van der Waals surface area contributed by atoms with E-state index in [2.05, 4.69) is 17.6 Å². The quantitative estimate of drug-likeness (QED) is 0.754. The number of carbonyl (C=O) groups excluding carboxylic acids is 1. The van der Waals surface area contributed by atoms with Gasteiger partial charge in [-0.1, -0.05) is 6.92 Å². The van der Waals surface area contributed by atoms with Crippen molar-refractivity contribution in [2.75, 3.05) is 26.2 Å². The molecule has 0 aromatic rings. The zero-order valence-electron chi connectivity index (χ0n) is 10.2. The molecule has 0 aromatic heterocycles. The van der Waals surface area contributed by atoms with E-state index in [-0.39, 0.29) is 6.03 Å². The van der Waals surface area contributed by atoms with Crippen molar-refractivity contribution in [3.63, 3.8) is 0 Å². The molecule has 2 rings (SSSR count). The van der Waals surface area contributed by atoms with E-state index in [1.165, 1.54) is 12.8 Å². The number of hydrogen-bond acceptors (Lipinski definition) is 2. The summed E-state index contributed by atoms with van der Waals surface area (Å²) in [7, 11) is 0. The second-order valence-corrected chi connectivity index (χ2v) is 4.96. The van der Waals surface area contributed by atoms with Gasteiger partial charge in [-0.15, -0.1) is 0 Å². The maximum atomic E-state index is 11.8. The standard InChI is InChI=1S/C12H23N3O/c1-2-13-9-10-5-7-15(8-6-10)12(16)14-11-3-4-11/h10-11,13H,2-9H2,1H3,(H,14,16). The molecule has 0 aromatic carbocycles. The summed E-state index contributed by atoms with van der Waals surface area (Å²) in [5.41, 5.74) is 0. The number of amides is 2. The van der Waals surface area contributed by atoms with Gasteiger partial charge in [0.15, 0.2) is 0 Å². The molecule has 0 radical (unpaired) electrons. The first-order valence-electron chi connectivity index (χ1n) is 6.55. The van der Waals surface area contributed by atoms with Gasteiger partial charge in [0.2, 0.25) is 0 Å². The van der Waals surface area contributed by atoms with Crippen LogP contribution in [0.2, 0.25) is 0 Å². The molecule has 16 heavy (non-hydrogen) atoms. The first-order chi connectivity index (χ1) is 7.79. The van der Waals surface area contributed by atoms with Crippen LogP contribution < -0.4 is 10.6 Å². The van der Waals surface area contributed by atoms with Crippen LogP contribution in [0.5, 0.6) is 0 Å². The Balaban J connectivity index is 1.65. The van der Waals surface area contributed by atoms with E-state index in [0.717, 1.165) is 44.9 Å². The van der Waals surface area contributed by atoms with Gasteiger partial charge in [0, 0.05) is 19.1 Å². The minimum atomic E-state index is 0.157. The average molecular weight is 225 g/mol. The van der Waals surface area contributed by atoms with Crippen molar-refractivity contribution in [1.29, 1.82) is 0 Å². The number of nitrogens with zero attached hydrogens (tertiary/aromatic N) is 1. The van der Waals surface area contributed by atoms with Crippen LogP contribution in [0.15, 0.2) is 0 Å². The van der Waals surface area contributed by atoms with Crippen molar-refractivity contribution in [2.24, 2.45) is 5.92 Å². The minimum absolute atomic E-state index is 0.157. The summed E-state index contributed by atoms with van der Waals surface area (Å²) in [4.78, 5) is 13.7. The lowest BCUT2D eigenvalue weighted by molar-refractivity contribution is 0.169. The summed E-state index contributed by atoms with van der Waals surface area (Å²) in [6, 6.07) is 0.636. The third-order valence-electron chi connectivity index (χ3n) is 3.49. The second kappa shape index (κ2) is 5.53. The highest BCUT2D eigenvalue weighted by Gasteiger charge is 2.28. The molecular weight excluding hydrogens is 202 g/mol. The van der Waals surface area contributed by atoms with Crippen LogP contribution in [0, 0.1) is 5.92 Å². The molecule has 2 N–H and O–H groups in total. The predicted molar refractivity (Wildman–Crippen MR) is 64.4 cm³/mol. The molecule has 2 fully saturated rings. The maximum absolute atomic E-state index is 11.8. The van der Waals surface area contributed by atoms with Gasteiger partial charge >= 0.3 is 6.03 Å². The third kappa shape index (κ3) is 3.37. The molecule has 4 nitrogen and oxygen atoms in total. The normalized spacial score (nSPS) is 22.2. The Morgan fingerprint density at radius 1 is 1.25 bits per heavy atom. The Labute approximate surface area is 97.8 Å². The molecule has 0 bridgehead atoms. The summed E-state index contributed by atoms with van der Waals surface area (Å²) in [5.74, 6) is 0.755. The number of hydrogen-bond donors (Lipinski definition) is 2. The fourth-order valence-corrected chi connectivity index (χ4v) is 2.18. The summed E-state index contributed by atoms with van der Waals surface area (Å²) in [6.45, 7) is 6.14. The molecular formula is C12H23N3O. The number of rotatable bonds is 4. The smallest absolute Gasteiger partial charge is 0.317 e. The van der Waals surface area contributed by atoms with E-state index >= 15 is 0 Å². The van der Waals surface area contributed by atoms with Crippen molar-refractivity contribution in [3.8, 4) is 0 Å². The van der Waals surface area contributed by atoms with Gasteiger partial charge in [-0.25, -0.2) is 4.79 Å². The van der Waals surface area contributed by atoms with E-state index in [4.69, 9.17) is 0 Å². The molecule has 1 heterocycles. The molecule has 2 aliphatic rings. The summed E-state index contributed by atoms with van der Waals surface area (Å²) in [5, 5.41) is 6.44. The minimum Gasteiger partial charge on any atom is -0.335 e. The van der Waals surface area contributed by atoms with Crippen molar-refractivity contribution >= 4 is 6.03 Å². The second-order valence-electron chi connectivity index (χ2n) is 4.96. The first kappa shape index (κ1) is 11.7. The fourth-order valence-electron chi connectivity index (χ4n) is 2.18. The summed E-state index contributed by atoms with van der Waals surface area (Å²) < 4.78 is 0. The predicted octanol–water partition coefficient (Wildman–Crippen LogP) is 1.18. The first-order valence-corrected chi connectivity index (χ1v) is 6.55. The number of nitrogens with one attached hydrogen (secondary N) is 2. The van der Waals surface area contributed by atoms with Crippen molar-refractivity contribution in [3.05, 3.63) is 0 Å². The molecule has 4 heteroatoms. The molecule has 0 unspecified atom stereocenters. The highest BCUT2D eigenvalue weighted by molar-refractivity contribution is 5.74. The fraction of sp³-hybridized carbons (Fsp3) is 0.917. The Kier molecular flexibility index (Phi) is 4.04. The molecule has 0 atom stereocenters. The number of carbonyl (C=O) groups is 1. The van der Waals surface area contributed by atoms with Crippen molar-refractivity contribution in [1.82, 2.24) is 15.5 Å². The maximum Gasteiger partial charge on any atom is 0.317 e. The summed E-state index contributed by atoms with van der Waals surface area (Å²) in [6.07, 6.45) is 4.63. The van der Waals surface area contributed by atoms with Crippen molar-refractivity contribution in [2.45, 2.75) is 38.6 Å². The van der Waals surface area contributed by atoms with Crippen LogP contribution in [-0.4, -0.2) is 43.2 Å². The Morgan fingerprint density at radius 3 is 2.50 bits per heavy atom. The van der Waals surface area contributed by atoms with E-state index in [1.807, 2.05) is 4.90 Å². The molecule has 1 aliphatic carbocycles. The zero-order valence-corrected chi connectivity index (χ0v) is 10.2. The molecule has 1 aliphatic heterocycles. The summed E-state index contributed by atoms with van der Waals surface area (Å²) >= 11 is 0. The molecule has 2 amide bonds. The van der Waals surface area contributed by atoms with Crippen LogP contribution in [-0.2, 0) is 0 Å². The van der Waals surface area contributed by atoms with Gasteiger partial charge in [0.05, 0.1) is 0 Å². The Morgan fingerprint density at radius 2 is 1.94 bits per heavy atom. The van der Waals surface area contributed by atoms with E-state index in [9.17, 15) is 4.79 Å². The van der Waals surface area contributed by atoms with Crippen LogP contribution >= 0.6 is 0 Å². The number of urea groups is 1. The molecule has 1 saturated carbocycles. The lowest BCUT2D eigenvalue weighted by atomic mass is 9.97. The lowest BCUT2D eigenvalue weighted by Gasteiger charge is -2.32. The Hall–Kier alpha value is -0.770. The third-order valence-corrected chi connectivity index (χ3v) is 3.49. The highest BCUT2D eigenvalue weighted by Crippen LogP contribution is 2.21. The average Bonchev–Trinajstić information content (AvgIpc) is 3.11. The molecule has 92 valence electrons. The van der Waals surface area contributed by atoms with E-state index in [0.29, 0.717) is 6.04 Å². The van der Waals surface area contributed by atoms with Crippen LogP contribution in [0.4, 0.5) is 4.79 Å². The van der Waals surface area contributed by atoms with Crippen LogP contribution in [0.25, 0.3) is 0 Å². The topological polar surface area (TPSA) is 44.4 Å². The van der Waals surface area contributed by atoms with Crippen LogP contribution in [0.3, 0.4) is 0 Å². The molecule has 1 saturated heterocycles. The monoisotopic (exact) mass is 225 g/mol. The van der Waals surface area contributed by atoms with Gasteiger partial charge in [0.25, 0.3) is 0 Å². The van der Waals surface area contributed by atoms with Gasteiger partial charge in [-0.05, 0) is 44.7 Å². The van der Waals surface area contributed by atoms with Crippen LogP contribution in [0.1, 0.15) is 32.6 Å². The van der Waals surface area contributed by atoms with E-state index < -0.39 is 0 Å². The SMILES string of the molecule is CCNCC1CCN(C(=O)NC2CC2)CC1. The largest absolute Gasteiger partial charge is 0.335 e. The van der Waals surface area contributed by atoms with Gasteiger partial charge < -0.3 is 15.5 Å². The zero-order chi connectivity index (χ0) is 11.4. The van der Waals surface area contributed by atoms with Gasteiger partial charge in [-0.3, -0.25) is 0 Å². The lowest BCUT2D eigenvalue weighted by Crippen LogP contribution is -2.46. The van der Waals surface area contributed by atoms with Gasteiger partial charge in [0.1, 0.15) is 0 Å². The highest BCUT2D eigenvalue weighted by atomic mass is 16.2. The molecule has 0 spiro atoms. The van der Waals surface area contributed by atoms with E-state index in [1.54, 1.807) is 0 Å². The number of likely N-dealkylation sites (tertiary alicyclic amines) is 1.